The van der Waals surface area contributed by atoms with Crippen molar-refractivity contribution in [3.05, 3.63) is 0 Å². The molecule has 9 heteroatoms. The molecule has 0 N–H and O–H groups in total. The standard InChI is InChI=1S/C6H12S9/c7-1-10-4-13-5(11-2-8)15-6(14-4)12-3-9/h4-9H,1-3H2. The lowest BCUT2D eigenvalue weighted by Crippen LogP contribution is -2.12. The summed E-state index contributed by atoms with van der Waals surface area (Å²) in [6.45, 7) is 0. The molecule has 0 amide bonds. The van der Waals surface area contributed by atoms with Crippen LogP contribution in [0.4, 0.5) is 0 Å². The van der Waals surface area contributed by atoms with Crippen molar-refractivity contribution in [2.45, 2.75) is 11.7 Å². The van der Waals surface area contributed by atoms with Gasteiger partial charge >= 0.3 is 0 Å². The van der Waals surface area contributed by atoms with Crippen LogP contribution in [-0.4, -0.2) is 27.0 Å². The monoisotopic (exact) mass is 372 g/mol. The average Bonchev–Trinajstić information content (AvgIpc) is 2.19. The van der Waals surface area contributed by atoms with Crippen LogP contribution in [0.1, 0.15) is 0 Å². The molecule has 1 fully saturated rings. The Kier molecular flexibility index (Phi) is 10.8. The van der Waals surface area contributed by atoms with Crippen molar-refractivity contribution in [1.29, 1.82) is 0 Å². The van der Waals surface area contributed by atoms with Crippen LogP contribution in [0.2, 0.25) is 0 Å². The maximum Gasteiger partial charge on any atom is 0.100 e. The first-order valence-corrected chi connectivity index (χ1v) is 11.8. The van der Waals surface area contributed by atoms with E-state index in [1.807, 2.05) is 70.6 Å². The molecule has 15 heavy (non-hydrogen) atoms. The molecule has 0 saturated carbocycles. The molecule has 0 aromatic heterocycles. The molecule has 0 aliphatic carbocycles. The lowest BCUT2D eigenvalue weighted by atomic mass is 11.8. The molecule has 1 rings (SSSR count). The maximum absolute atomic E-state index is 4.28. The van der Waals surface area contributed by atoms with Gasteiger partial charge in [-0.2, -0.15) is 37.9 Å². The summed E-state index contributed by atoms with van der Waals surface area (Å²) in [5.41, 5.74) is 0. The van der Waals surface area contributed by atoms with E-state index in [0.717, 1.165) is 15.3 Å². The third kappa shape index (κ3) is 6.75. The van der Waals surface area contributed by atoms with Gasteiger partial charge in [0.25, 0.3) is 0 Å². The Morgan fingerprint density at radius 3 is 1.13 bits per heavy atom. The average molecular weight is 373 g/mol. The van der Waals surface area contributed by atoms with Crippen LogP contribution in [0.25, 0.3) is 0 Å². The highest BCUT2D eigenvalue weighted by molar-refractivity contribution is 8.52. The third-order valence-electron chi connectivity index (χ3n) is 1.30. The van der Waals surface area contributed by atoms with E-state index in [4.69, 9.17) is 0 Å². The molecule has 0 bridgehead atoms. The summed E-state index contributed by atoms with van der Waals surface area (Å²) in [7, 11) is 0. The first kappa shape index (κ1) is 16.2. The van der Waals surface area contributed by atoms with Gasteiger partial charge in [0.2, 0.25) is 0 Å². The Morgan fingerprint density at radius 1 is 0.667 bits per heavy atom. The minimum atomic E-state index is 0.610. The Hall–Kier alpha value is 3.15. The molecule has 1 aliphatic rings. The van der Waals surface area contributed by atoms with Gasteiger partial charge in [-0.15, -0.1) is 70.6 Å². The van der Waals surface area contributed by atoms with Gasteiger partial charge in [0, 0.05) is 15.3 Å². The highest BCUT2D eigenvalue weighted by Gasteiger charge is 2.30. The van der Waals surface area contributed by atoms with Crippen molar-refractivity contribution >= 4 is 108 Å². The smallest absolute Gasteiger partial charge is 0.100 e. The number of thiol groups is 3. The molecule has 0 atom stereocenters. The van der Waals surface area contributed by atoms with Gasteiger partial charge in [0.05, 0.1) is 0 Å². The predicted octanol–water partition coefficient (Wildman–Crippen LogP) is 4.91. The minimum Gasteiger partial charge on any atom is -0.168 e. The van der Waals surface area contributed by atoms with E-state index in [1.54, 1.807) is 0 Å². The van der Waals surface area contributed by atoms with Crippen molar-refractivity contribution < 1.29 is 0 Å². The summed E-state index contributed by atoms with van der Waals surface area (Å²) in [5.74, 6) is 0. The lowest BCUT2D eigenvalue weighted by Gasteiger charge is -2.31. The molecular weight excluding hydrogens is 361 g/mol. The van der Waals surface area contributed by atoms with E-state index in [-0.39, 0.29) is 0 Å². The van der Waals surface area contributed by atoms with E-state index in [1.165, 1.54) is 0 Å². The normalized spacial score (nSPS) is 31.8. The van der Waals surface area contributed by atoms with Crippen LogP contribution >= 0.6 is 108 Å². The van der Waals surface area contributed by atoms with Crippen LogP contribution in [0.3, 0.4) is 0 Å². The molecule has 90 valence electrons. The summed E-state index contributed by atoms with van der Waals surface area (Å²) in [4.78, 5) is 0. The molecular formula is C6H12S9. The Balaban J connectivity index is 2.40. The van der Waals surface area contributed by atoms with Crippen LogP contribution in [0.15, 0.2) is 0 Å². The first-order chi connectivity index (χ1) is 7.30. The van der Waals surface area contributed by atoms with Gasteiger partial charge in [-0.25, -0.2) is 0 Å². The number of hydrogen-bond acceptors (Lipinski definition) is 9. The van der Waals surface area contributed by atoms with E-state index < -0.39 is 0 Å². The zero-order valence-corrected chi connectivity index (χ0v) is 15.2. The quantitative estimate of drug-likeness (QED) is 0.444. The maximum atomic E-state index is 4.28. The van der Waals surface area contributed by atoms with Gasteiger partial charge in [0.1, 0.15) is 11.7 Å². The van der Waals surface area contributed by atoms with Crippen molar-refractivity contribution in [2.24, 2.45) is 0 Å². The molecule has 0 aromatic carbocycles. The second kappa shape index (κ2) is 10.00. The Bertz CT molecular complexity index is 130. The fraction of sp³-hybridized carbons (Fsp3) is 1.00. The van der Waals surface area contributed by atoms with Crippen molar-refractivity contribution in [2.75, 3.05) is 15.3 Å². The van der Waals surface area contributed by atoms with Crippen LogP contribution in [0, 0.1) is 0 Å². The highest BCUT2D eigenvalue weighted by Crippen LogP contribution is 2.57. The van der Waals surface area contributed by atoms with Crippen molar-refractivity contribution in [1.82, 2.24) is 0 Å². The third-order valence-corrected chi connectivity index (χ3v) is 11.7. The number of hydrogen-bond donors (Lipinski definition) is 3. The first-order valence-electron chi connectivity index (χ1n) is 3.94. The Morgan fingerprint density at radius 2 is 0.933 bits per heavy atom. The molecule has 1 heterocycles. The van der Waals surface area contributed by atoms with Gasteiger partial charge in [0.15, 0.2) is 0 Å². The van der Waals surface area contributed by atoms with E-state index in [9.17, 15) is 0 Å². The number of thioether (sulfide) groups is 6. The summed E-state index contributed by atoms with van der Waals surface area (Å²) in [6, 6.07) is 0. The summed E-state index contributed by atoms with van der Waals surface area (Å²) in [6.07, 6.45) is 0. The van der Waals surface area contributed by atoms with Crippen molar-refractivity contribution in [3.8, 4) is 0 Å². The van der Waals surface area contributed by atoms with Gasteiger partial charge in [-0.1, -0.05) is 0 Å². The summed E-state index contributed by atoms with van der Waals surface area (Å²) >= 11 is 24.7. The zero-order chi connectivity index (χ0) is 11.1. The summed E-state index contributed by atoms with van der Waals surface area (Å²) in [5, 5.41) is 2.68. The zero-order valence-electron chi connectivity index (χ0n) is 7.64. The molecule has 0 nitrogen and oxygen atoms in total. The second-order valence-electron chi connectivity index (χ2n) is 2.16. The van der Waals surface area contributed by atoms with E-state index in [0.29, 0.717) is 11.7 Å². The largest absolute Gasteiger partial charge is 0.168 e. The topological polar surface area (TPSA) is 0 Å². The van der Waals surface area contributed by atoms with Crippen LogP contribution < -0.4 is 0 Å². The summed E-state index contributed by atoms with van der Waals surface area (Å²) < 4.78 is 1.83. The molecule has 1 aliphatic heterocycles. The minimum absolute atomic E-state index is 0.610. The number of rotatable bonds is 6. The molecule has 0 aromatic rings. The SMILES string of the molecule is SCSC1SC(SCS)SC(SCS)S1. The fourth-order valence-corrected chi connectivity index (χ4v) is 15.3. The molecule has 0 radical (unpaired) electrons. The van der Waals surface area contributed by atoms with Gasteiger partial charge in [-0.3, -0.25) is 0 Å². The second-order valence-corrected chi connectivity index (χ2v) is 14.0. The Labute approximate surface area is 134 Å². The highest BCUT2D eigenvalue weighted by atomic mass is 32.3. The van der Waals surface area contributed by atoms with E-state index >= 15 is 0 Å². The van der Waals surface area contributed by atoms with Crippen LogP contribution in [-0.2, 0) is 0 Å². The predicted molar refractivity (Wildman–Crippen MR) is 98.5 cm³/mol. The van der Waals surface area contributed by atoms with Crippen molar-refractivity contribution in [3.63, 3.8) is 0 Å². The van der Waals surface area contributed by atoms with E-state index in [2.05, 4.69) is 37.9 Å². The van der Waals surface area contributed by atoms with Gasteiger partial charge < -0.3 is 0 Å². The molecule has 0 spiro atoms. The van der Waals surface area contributed by atoms with Gasteiger partial charge in [-0.05, 0) is 0 Å². The molecule has 0 unspecified atom stereocenters. The van der Waals surface area contributed by atoms with Crippen LogP contribution in [0.5, 0.6) is 0 Å². The molecule has 1 saturated heterocycles. The fourth-order valence-electron chi connectivity index (χ4n) is 0.787. The lowest BCUT2D eigenvalue weighted by molar-refractivity contribution is 1.82.